The number of benzene rings is 1. The van der Waals surface area contributed by atoms with E-state index < -0.39 is 5.41 Å². The lowest BCUT2D eigenvalue weighted by Crippen LogP contribution is -2.60. The smallest absolute Gasteiger partial charge is 0.310 e. The average Bonchev–Trinajstić information content (AvgIpc) is 3.05. The van der Waals surface area contributed by atoms with Crippen molar-refractivity contribution in [1.29, 1.82) is 0 Å². The minimum Gasteiger partial charge on any atom is -0.469 e. The summed E-state index contributed by atoms with van der Waals surface area (Å²) in [5, 5.41) is 0. The fraction of sp³-hybridized carbons (Fsp3) is 0.524. The van der Waals surface area contributed by atoms with E-state index in [2.05, 4.69) is 17.0 Å². The van der Waals surface area contributed by atoms with Crippen LogP contribution in [0.2, 0.25) is 0 Å². The van der Waals surface area contributed by atoms with Gasteiger partial charge in [0.25, 0.3) is 0 Å². The number of hydrogen-bond donors (Lipinski definition) is 0. The second-order valence-corrected chi connectivity index (χ2v) is 8.07. The lowest BCUT2D eigenvalue weighted by Gasteiger charge is -2.51. The van der Waals surface area contributed by atoms with Gasteiger partial charge in [-0.05, 0) is 37.3 Å². The molecule has 0 radical (unpaired) electrons. The van der Waals surface area contributed by atoms with Gasteiger partial charge in [-0.2, -0.15) is 0 Å². The van der Waals surface area contributed by atoms with Crippen LogP contribution in [0.15, 0.2) is 35.9 Å². The van der Waals surface area contributed by atoms with Gasteiger partial charge in [0.1, 0.15) is 0 Å². The van der Waals surface area contributed by atoms with Crippen LogP contribution in [0.1, 0.15) is 25.3 Å². The Hall–Kier alpha value is -2.14. The second kappa shape index (κ2) is 5.19. The van der Waals surface area contributed by atoms with Crippen LogP contribution >= 0.6 is 0 Å². The van der Waals surface area contributed by atoms with Crippen LogP contribution in [-0.2, 0) is 19.7 Å². The zero-order chi connectivity index (χ0) is 18.2. The molecule has 4 bridgehead atoms. The number of allylic oxidation sites excluding steroid dienone is 1. The molecule has 0 saturated carbocycles. The number of carbonyl (C=O) groups excluding carboxylic acids is 2. The molecule has 0 aromatic heterocycles. The summed E-state index contributed by atoms with van der Waals surface area (Å²) < 4.78 is 5.17. The monoisotopic (exact) mass is 352 g/mol. The van der Waals surface area contributed by atoms with Crippen LogP contribution in [-0.4, -0.2) is 49.6 Å². The van der Waals surface area contributed by atoms with Gasteiger partial charge in [0.05, 0.1) is 18.4 Å². The maximum absolute atomic E-state index is 13.5. The van der Waals surface area contributed by atoms with E-state index in [4.69, 9.17) is 4.74 Å². The summed E-state index contributed by atoms with van der Waals surface area (Å²) >= 11 is 0. The maximum Gasteiger partial charge on any atom is 0.310 e. The SMILES string of the molecule is C/C=C1/CN2[C@H]3C[C@@H]1[C@@H](C(=O)OC)[C@@H]2C[C@@]31C(=O)N(C)c2ccccc21. The molecule has 0 N–H and O–H groups in total. The van der Waals surface area contributed by atoms with E-state index >= 15 is 0 Å². The fourth-order valence-electron chi connectivity index (χ4n) is 6.31. The molecule has 6 rings (SSSR count). The van der Waals surface area contributed by atoms with Crippen molar-refractivity contribution in [3.63, 3.8) is 0 Å². The van der Waals surface area contributed by atoms with Gasteiger partial charge in [0, 0.05) is 31.4 Å². The van der Waals surface area contributed by atoms with E-state index in [1.165, 1.54) is 12.7 Å². The first-order valence-electron chi connectivity index (χ1n) is 9.41. The van der Waals surface area contributed by atoms with Crippen molar-refractivity contribution in [2.24, 2.45) is 11.8 Å². The van der Waals surface area contributed by atoms with Crippen molar-refractivity contribution in [2.75, 3.05) is 25.6 Å². The Morgan fingerprint density at radius 3 is 2.85 bits per heavy atom. The van der Waals surface area contributed by atoms with E-state index in [-0.39, 0.29) is 35.8 Å². The van der Waals surface area contributed by atoms with Gasteiger partial charge in [-0.1, -0.05) is 29.8 Å². The molecule has 5 aliphatic rings. The molecular weight excluding hydrogens is 328 g/mol. The average molecular weight is 352 g/mol. The number of hydrogen-bond acceptors (Lipinski definition) is 4. The minimum atomic E-state index is -0.518. The molecule has 4 saturated heterocycles. The quantitative estimate of drug-likeness (QED) is 0.574. The molecule has 4 fully saturated rings. The molecule has 26 heavy (non-hydrogen) atoms. The third-order valence-electron chi connectivity index (χ3n) is 7.37. The normalized spacial score (nSPS) is 41.2. The molecule has 1 aromatic rings. The summed E-state index contributed by atoms with van der Waals surface area (Å²) in [6.45, 7) is 2.91. The van der Waals surface area contributed by atoms with E-state index in [0.717, 1.165) is 24.2 Å². The highest BCUT2D eigenvalue weighted by molar-refractivity contribution is 6.09. The van der Waals surface area contributed by atoms with Gasteiger partial charge in [0.15, 0.2) is 0 Å². The van der Waals surface area contributed by atoms with Crippen molar-refractivity contribution >= 4 is 17.6 Å². The predicted molar refractivity (Wildman–Crippen MR) is 97.8 cm³/mol. The van der Waals surface area contributed by atoms with Crippen LogP contribution in [0, 0.1) is 11.8 Å². The molecule has 1 amide bonds. The van der Waals surface area contributed by atoms with E-state index in [1.54, 1.807) is 0 Å². The molecule has 1 unspecified atom stereocenters. The lowest BCUT2D eigenvalue weighted by molar-refractivity contribution is -0.153. The number of anilines is 1. The molecule has 5 nitrogen and oxygen atoms in total. The van der Waals surface area contributed by atoms with Crippen molar-refractivity contribution < 1.29 is 14.3 Å². The molecule has 6 atom stereocenters. The Morgan fingerprint density at radius 1 is 1.35 bits per heavy atom. The molecule has 1 spiro atoms. The molecule has 5 aliphatic heterocycles. The number of ether oxygens (including phenoxy) is 1. The summed E-state index contributed by atoms with van der Waals surface area (Å²) in [6, 6.07) is 8.41. The number of methoxy groups -OCH3 is 1. The van der Waals surface area contributed by atoms with Crippen LogP contribution in [0.25, 0.3) is 0 Å². The zero-order valence-corrected chi connectivity index (χ0v) is 15.4. The minimum absolute atomic E-state index is 0.0819. The molecule has 0 aliphatic carbocycles. The van der Waals surface area contributed by atoms with Gasteiger partial charge in [-0.15, -0.1) is 0 Å². The van der Waals surface area contributed by atoms with Crippen LogP contribution < -0.4 is 4.90 Å². The van der Waals surface area contributed by atoms with Crippen molar-refractivity contribution in [3.05, 3.63) is 41.5 Å². The van der Waals surface area contributed by atoms with E-state index in [0.29, 0.717) is 6.42 Å². The highest BCUT2D eigenvalue weighted by Gasteiger charge is 2.69. The van der Waals surface area contributed by atoms with Crippen molar-refractivity contribution in [3.8, 4) is 0 Å². The Labute approximate surface area is 153 Å². The number of amides is 1. The third kappa shape index (κ3) is 1.65. The largest absolute Gasteiger partial charge is 0.469 e. The van der Waals surface area contributed by atoms with Crippen molar-refractivity contribution in [1.82, 2.24) is 4.90 Å². The van der Waals surface area contributed by atoms with Crippen LogP contribution in [0.4, 0.5) is 5.69 Å². The first kappa shape index (κ1) is 16.1. The first-order valence-corrected chi connectivity index (χ1v) is 9.41. The summed E-state index contributed by atoms with van der Waals surface area (Å²) in [4.78, 5) is 30.3. The molecule has 5 heteroatoms. The highest BCUT2D eigenvalue weighted by Crippen LogP contribution is 2.61. The number of esters is 1. The standard InChI is InChI=1S/C21H24N2O3/c1-4-12-11-23-16-10-21(17(23)9-13(12)18(16)19(24)26-3)14-7-5-6-8-15(14)22(2)20(21)25/h4-8,13,16-18H,9-11H2,1-3H3/b12-4-/t13-,16-,17-,18+,21-/m0/s1. The highest BCUT2D eigenvalue weighted by atomic mass is 16.5. The Kier molecular flexibility index (Phi) is 3.21. The summed E-state index contributed by atoms with van der Waals surface area (Å²) in [7, 11) is 3.35. The Bertz CT molecular complexity index is 847. The number of para-hydroxylation sites is 1. The number of likely N-dealkylation sites (N-methyl/N-ethyl adjacent to an activating group) is 1. The number of carbonyl (C=O) groups is 2. The first-order chi connectivity index (χ1) is 12.5. The Morgan fingerprint density at radius 2 is 2.12 bits per heavy atom. The Balaban J connectivity index is 1.67. The summed E-state index contributed by atoms with van der Waals surface area (Å²) in [5.74, 6) is 0.0789. The third-order valence-corrected chi connectivity index (χ3v) is 7.37. The maximum atomic E-state index is 13.5. The van der Waals surface area contributed by atoms with Crippen LogP contribution in [0.3, 0.4) is 0 Å². The molecule has 1 aromatic carbocycles. The number of rotatable bonds is 1. The summed E-state index contributed by atoms with van der Waals surface area (Å²) in [5.41, 5.74) is 2.95. The topological polar surface area (TPSA) is 49.9 Å². The fourth-order valence-corrected chi connectivity index (χ4v) is 6.31. The zero-order valence-electron chi connectivity index (χ0n) is 15.4. The number of nitrogens with zero attached hydrogens (tertiary/aromatic N) is 2. The van der Waals surface area contributed by atoms with Gasteiger partial charge in [0.2, 0.25) is 5.91 Å². The van der Waals surface area contributed by atoms with Gasteiger partial charge < -0.3 is 9.64 Å². The van der Waals surface area contributed by atoms with Gasteiger partial charge in [-0.25, -0.2) is 0 Å². The summed E-state index contributed by atoms with van der Waals surface area (Å²) in [6.07, 6.45) is 3.71. The van der Waals surface area contributed by atoms with E-state index in [1.807, 2.05) is 37.1 Å². The number of fused-ring (bicyclic) bond motifs is 3. The lowest BCUT2D eigenvalue weighted by atomic mass is 9.69. The van der Waals surface area contributed by atoms with E-state index in [9.17, 15) is 9.59 Å². The molecule has 5 heterocycles. The van der Waals surface area contributed by atoms with Gasteiger partial charge in [-0.3, -0.25) is 14.5 Å². The molecule has 136 valence electrons. The predicted octanol–water partition coefficient (Wildman–Crippen LogP) is 2.11. The van der Waals surface area contributed by atoms with Crippen molar-refractivity contribution in [2.45, 2.75) is 37.3 Å². The number of piperidine rings is 3. The second-order valence-electron chi connectivity index (χ2n) is 8.07. The van der Waals surface area contributed by atoms with Crippen LogP contribution in [0.5, 0.6) is 0 Å². The van der Waals surface area contributed by atoms with Gasteiger partial charge >= 0.3 is 5.97 Å². The molecular formula is C21H24N2O3.